The molecule has 6 nitrogen and oxygen atoms in total. The number of anilines is 1. The van der Waals surface area contributed by atoms with Crippen LogP contribution in [0.25, 0.3) is 0 Å². The molecule has 3 N–H and O–H groups in total. The maximum atomic E-state index is 12.0. The number of hydrogen-bond acceptors (Lipinski definition) is 3. The van der Waals surface area contributed by atoms with E-state index in [2.05, 4.69) is 5.32 Å². The topological polar surface area (TPSA) is 94.2 Å². The summed E-state index contributed by atoms with van der Waals surface area (Å²) < 4.78 is 1.17. The first kappa shape index (κ1) is 14.8. The van der Waals surface area contributed by atoms with Crippen LogP contribution in [0.1, 0.15) is 10.4 Å². The Bertz CT molecular complexity index is 755. The second kappa shape index (κ2) is 6.23. The molecule has 2 rings (SSSR count). The molecule has 2 amide bonds. The maximum Gasteiger partial charge on any atom is 0.251 e. The number of amides is 2. The number of nitrogens with zero attached hydrogens (tertiary/aromatic N) is 1. The van der Waals surface area contributed by atoms with Crippen LogP contribution in [0.5, 0.6) is 0 Å². The van der Waals surface area contributed by atoms with Crippen LogP contribution in [-0.4, -0.2) is 16.4 Å². The smallest absolute Gasteiger partial charge is 0.251 e. The highest BCUT2D eigenvalue weighted by Crippen LogP contribution is 2.14. The lowest BCUT2D eigenvalue weighted by Crippen LogP contribution is -2.27. The second-order valence-electron chi connectivity index (χ2n) is 4.27. The zero-order chi connectivity index (χ0) is 15.4. The summed E-state index contributed by atoms with van der Waals surface area (Å²) in [7, 11) is 0. The summed E-state index contributed by atoms with van der Waals surface area (Å²) in [4.78, 5) is 34.8. The molecule has 0 spiro atoms. The molecule has 0 saturated heterocycles. The molecule has 0 saturated carbocycles. The first-order valence-corrected chi connectivity index (χ1v) is 6.40. The second-order valence-corrected chi connectivity index (χ2v) is 4.71. The standard InChI is InChI=1S/C14H12ClN3O3/c15-9-5-6-13(20)18(7-9)8-12(19)17-11-4-2-1-3-10(11)14(16)21/h1-7H,8H2,(H2,16,21)(H,17,19). The molecule has 0 bridgehead atoms. The Hall–Kier alpha value is -2.60. The van der Waals surface area contributed by atoms with Crippen LogP contribution in [0.15, 0.2) is 47.4 Å². The average molecular weight is 306 g/mol. The lowest BCUT2D eigenvalue weighted by Gasteiger charge is -2.10. The summed E-state index contributed by atoms with van der Waals surface area (Å²) in [6.45, 7) is -0.216. The summed E-state index contributed by atoms with van der Waals surface area (Å²) in [6, 6.07) is 9.07. The molecular formula is C14H12ClN3O3. The van der Waals surface area contributed by atoms with Gasteiger partial charge in [0.15, 0.2) is 0 Å². The van der Waals surface area contributed by atoms with Crippen molar-refractivity contribution in [2.75, 3.05) is 5.32 Å². The van der Waals surface area contributed by atoms with Gasteiger partial charge in [-0.05, 0) is 18.2 Å². The number of rotatable bonds is 4. The summed E-state index contributed by atoms with van der Waals surface area (Å²) in [5.41, 5.74) is 5.37. The number of primary amides is 1. The van der Waals surface area contributed by atoms with E-state index < -0.39 is 11.8 Å². The molecule has 0 radical (unpaired) electrons. The summed E-state index contributed by atoms with van der Waals surface area (Å²) in [5.74, 6) is -1.11. The van der Waals surface area contributed by atoms with Gasteiger partial charge in [-0.2, -0.15) is 0 Å². The van der Waals surface area contributed by atoms with Crippen LogP contribution in [0.3, 0.4) is 0 Å². The monoisotopic (exact) mass is 305 g/mol. The van der Waals surface area contributed by atoms with E-state index in [1.165, 1.54) is 29.0 Å². The average Bonchev–Trinajstić information content (AvgIpc) is 2.43. The highest BCUT2D eigenvalue weighted by atomic mass is 35.5. The van der Waals surface area contributed by atoms with Gasteiger partial charge in [0.1, 0.15) is 6.54 Å². The molecule has 21 heavy (non-hydrogen) atoms. The third-order valence-electron chi connectivity index (χ3n) is 2.73. The SMILES string of the molecule is NC(=O)c1ccccc1NC(=O)Cn1cc(Cl)ccc1=O. The van der Waals surface area contributed by atoms with Gasteiger partial charge >= 0.3 is 0 Å². The van der Waals surface area contributed by atoms with E-state index >= 15 is 0 Å². The fourth-order valence-corrected chi connectivity index (χ4v) is 1.96. The fourth-order valence-electron chi connectivity index (χ4n) is 1.78. The van der Waals surface area contributed by atoms with E-state index in [9.17, 15) is 14.4 Å². The predicted octanol–water partition coefficient (Wildman–Crippen LogP) is 1.24. The Labute approximate surface area is 125 Å². The van der Waals surface area contributed by atoms with Crippen molar-refractivity contribution in [3.8, 4) is 0 Å². The lowest BCUT2D eigenvalue weighted by atomic mass is 10.1. The molecule has 0 aliphatic carbocycles. The first-order chi connectivity index (χ1) is 9.97. The van der Waals surface area contributed by atoms with E-state index in [1.54, 1.807) is 18.2 Å². The Balaban J connectivity index is 2.18. The van der Waals surface area contributed by atoms with Crippen LogP contribution in [0, 0.1) is 0 Å². The molecule has 1 aromatic carbocycles. The maximum absolute atomic E-state index is 12.0. The van der Waals surface area contributed by atoms with Crippen molar-refractivity contribution in [2.24, 2.45) is 5.73 Å². The quantitative estimate of drug-likeness (QED) is 0.889. The van der Waals surface area contributed by atoms with Crippen LogP contribution in [0.4, 0.5) is 5.69 Å². The van der Waals surface area contributed by atoms with Gasteiger partial charge < -0.3 is 15.6 Å². The summed E-state index contributed by atoms with van der Waals surface area (Å²) in [6.07, 6.45) is 1.36. The molecule has 0 fully saturated rings. The number of pyridine rings is 1. The lowest BCUT2D eigenvalue weighted by molar-refractivity contribution is -0.116. The Kier molecular flexibility index (Phi) is 4.39. The number of para-hydroxylation sites is 1. The summed E-state index contributed by atoms with van der Waals surface area (Å²) >= 11 is 5.77. The molecule has 0 unspecified atom stereocenters. The summed E-state index contributed by atoms with van der Waals surface area (Å²) in [5, 5.41) is 2.89. The number of aromatic nitrogens is 1. The van der Waals surface area contributed by atoms with Crippen molar-refractivity contribution in [3.63, 3.8) is 0 Å². The molecule has 0 aliphatic heterocycles. The van der Waals surface area contributed by atoms with Gasteiger partial charge in [-0.15, -0.1) is 0 Å². The van der Waals surface area contributed by atoms with Gasteiger partial charge in [0.2, 0.25) is 5.91 Å². The number of halogens is 1. The number of benzene rings is 1. The molecule has 1 heterocycles. The van der Waals surface area contributed by atoms with Gasteiger partial charge in [0, 0.05) is 12.3 Å². The molecule has 0 aliphatic rings. The number of carbonyl (C=O) groups is 2. The van der Waals surface area contributed by atoms with E-state index in [-0.39, 0.29) is 17.7 Å². The van der Waals surface area contributed by atoms with Crippen molar-refractivity contribution < 1.29 is 9.59 Å². The fraction of sp³-hybridized carbons (Fsp3) is 0.0714. The van der Waals surface area contributed by atoms with Gasteiger partial charge in [-0.25, -0.2) is 0 Å². The number of nitrogens with one attached hydrogen (secondary N) is 1. The molecule has 1 aromatic heterocycles. The van der Waals surface area contributed by atoms with Crippen LogP contribution in [0.2, 0.25) is 5.02 Å². The van der Waals surface area contributed by atoms with Crippen molar-refractivity contribution in [1.82, 2.24) is 4.57 Å². The molecule has 0 atom stereocenters. The minimum Gasteiger partial charge on any atom is -0.366 e. The first-order valence-electron chi connectivity index (χ1n) is 6.02. The highest BCUT2D eigenvalue weighted by molar-refractivity contribution is 6.30. The van der Waals surface area contributed by atoms with Crippen molar-refractivity contribution in [1.29, 1.82) is 0 Å². The minimum atomic E-state index is -0.647. The van der Waals surface area contributed by atoms with E-state index in [0.29, 0.717) is 10.7 Å². The Morgan fingerprint density at radius 1 is 1.19 bits per heavy atom. The van der Waals surface area contributed by atoms with E-state index in [4.69, 9.17) is 17.3 Å². The Morgan fingerprint density at radius 2 is 1.90 bits per heavy atom. The third-order valence-corrected chi connectivity index (χ3v) is 2.95. The van der Waals surface area contributed by atoms with Crippen LogP contribution < -0.4 is 16.6 Å². The number of hydrogen-bond donors (Lipinski definition) is 2. The van der Waals surface area contributed by atoms with Gasteiger partial charge in [-0.3, -0.25) is 14.4 Å². The Morgan fingerprint density at radius 3 is 2.62 bits per heavy atom. The zero-order valence-electron chi connectivity index (χ0n) is 10.9. The van der Waals surface area contributed by atoms with Crippen molar-refractivity contribution in [3.05, 3.63) is 63.5 Å². The highest BCUT2D eigenvalue weighted by Gasteiger charge is 2.11. The van der Waals surface area contributed by atoms with E-state index in [0.717, 1.165) is 0 Å². The zero-order valence-corrected chi connectivity index (χ0v) is 11.6. The van der Waals surface area contributed by atoms with Crippen LogP contribution >= 0.6 is 11.6 Å². The predicted molar refractivity (Wildman–Crippen MR) is 79.3 cm³/mol. The number of carbonyl (C=O) groups excluding carboxylic acids is 2. The van der Waals surface area contributed by atoms with Gasteiger partial charge in [0.05, 0.1) is 16.3 Å². The van der Waals surface area contributed by atoms with Gasteiger partial charge in [0.25, 0.3) is 11.5 Å². The largest absolute Gasteiger partial charge is 0.366 e. The minimum absolute atomic E-state index is 0.198. The normalized spacial score (nSPS) is 10.1. The van der Waals surface area contributed by atoms with E-state index in [1.807, 2.05) is 0 Å². The molecular weight excluding hydrogens is 294 g/mol. The van der Waals surface area contributed by atoms with Gasteiger partial charge in [-0.1, -0.05) is 23.7 Å². The molecule has 7 heteroatoms. The molecule has 2 aromatic rings. The molecule has 108 valence electrons. The van der Waals surface area contributed by atoms with Crippen molar-refractivity contribution in [2.45, 2.75) is 6.54 Å². The van der Waals surface area contributed by atoms with Crippen LogP contribution in [-0.2, 0) is 11.3 Å². The third kappa shape index (κ3) is 3.70. The van der Waals surface area contributed by atoms with Crippen molar-refractivity contribution >= 4 is 29.1 Å². The number of nitrogens with two attached hydrogens (primary N) is 1.